The number of hydrogen-bond donors (Lipinski definition) is 1. The highest BCUT2D eigenvalue weighted by Crippen LogP contribution is 2.03. The molecule has 0 rings (SSSR count). The molecule has 14 heavy (non-hydrogen) atoms. The van der Waals surface area contributed by atoms with Gasteiger partial charge in [0.05, 0.1) is 18.7 Å². The van der Waals surface area contributed by atoms with E-state index < -0.39 is 0 Å². The Morgan fingerprint density at radius 2 is 2.21 bits per heavy atom. The Morgan fingerprint density at radius 3 is 2.57 bits per heavy atom. The van der Waals surface area contributed by atoms with E-state index in [1.807, 2.05) is 18.7 Å². The summed E-state index contributed by atoms with van der Waals surface area (Å²) in [6.07, 6.45) is 1.71. The number of amides is 1. The molecule has 0 heterocycles. The van der Waals surface area contributed by atoms with Gasteiger partial charge in [0.15, 0.2) is 0 Å². The summed E-state index contributed by atoms with van der Waals surface area (Å²) in [5, 5.41) is 11.5. The van der Waals surface area contributed by atoms with Crippen molar-refractivity contribution in [3.05, 3.63) is 0 Å². The topological polar surface area (TPSA) is 56.1 Å². The lowest BCUT2D eigenvalue weighted by Gasteiger charge is -2.24. The predicted octanol–water partition coefficient (Wildman–Crippen LogP) is 0.747. The van der Waals surface area contributed by atoms with Crippen LogP contribution in [0.25, 0.3) is 0 Å². The van der Waals surface area contributed by atoms with Crippen molar-refractivity contribution in [2.75, 3.05) is 20.1 Å². The van der Waals surface area contributed by atoms with Crippen LogP contribution in [0.15, 0.2) is 0 Å². The molecule has 4 nitrogen and oxygen atoms in total. The molecule has 0 aliphatic rings. The standard InChI is InChI=1S/C10H19N3O/c1-4-6-13(8-10(14)12-3)9(5-2)7-11/h9H,4-6,8H2,1-3H3,(H,12,14). The largest absolute Gasteiger partial charge is 0.358 e. The average Bonchev–Trinajstić information content (AvgIpc) is 2.19. The Hall–Kier alpha value is -1.08. The minimum absolute atomic E-state index is 0.0350. The molecular formula is C10H19N3O. The van der Waals surface area contributed by atoms with E-state index in [-0.39, 0.29) is 11.9 Å². The van der Waals surface area contributed by atoms with Gasteiger partial charge in [-0.2, -0.15) is 5.26 Å². The first kappa shape index (κ1) is 12.9. The van der Waals surface area contributed by atoms with Crippen LogP contribution < -0.4 is 5.32 Å². The molecule has 0 bridgehead atoms. The SMILES string of the molecule is CCCN(CC(=O)NC)C(C#N)CC. The molecule has 0 radical (unpaired) electrons. The molecule has 0 saturated heterocycles. The van der Waals surface area contributed by atoms with Crippen molar-refractivity contribution in [3.8, 4) is 6.07 Å². The Bertz CT molecular complexity index is 210. The van der Waals surface area contributed by atoms with Gasteiger partial charge in [-0.05, 0) is 19.4 Å². The maximum absolute atomic E-state index is 11.2. The number of nitriles is 1. The number of carbonyl (C=O) groups is 1. The molecule has 0 spiro atoms. The van der Waals surface area contributed by atoms with Crippen molar-refractivity contribution in [3.63, 3.8) is 0 Å². The second-order valence-electron chi connectivity index (χ2n) is 3.20. The van der Waals surface area contributed by atoms with E-state index in [1.54, 1.807) is 7.05 Å². The fraction of sp³-hybridized carbons (Fsp3) is 0.800. The minimum atomic E-state index is -0.146. The molecule has 0 fully saturated rings. The van der Waals surface area contributed by atoms with Gasteiger partial charge < -0.3 is 5.32 Å². The highest BCUT2D eigenvalue weighted by Gasteiger charge is 2.17. The van der Waals surface area contributed by atoms with Crippen LogP contribution in [0.4, 0.5) is 0 Å². The van der Waals surface area contributed by atoms with Crippen molar-refractivity contribution < 1.29 is 4.79 Å². The Morgan fingerprint density at radius 1 is 1.57 bits per heavy atom. The normalized spacial score (nSPS) is 12.2. The van der Waals surface area contributed by atoms with E-state index in [2.05, 4.69) is 11.4 Å². The molecule has 0 aliphatic carbocycles. The third-order valence-corrected chi connectivity index (χ3v) is 2.11. The average molecular weight is 197 g/mol. The first-order valence-electron chi connectivity index (χ1n) is 5.03. The molecule has 0 saturated carbocycles. The number of nitrogens with zero attached hydrogens (tertiary/aromatic N) is 2. The van der Waals surface area contributed by atoms with Gasteiger partial charge in [-0.1, -0.05) is 13.8 Å². The van der Waals surface area contributed by atoms with E-state index in [9.17, 15) is 4.79 Å². The van der Waals surface area contributed by atoms with E-state index >= 15 is 0 Å². The van der Waals surface area contributed by atoms with Crippen LogP contribution in [0.2, 0.25) is 0 Å². The third-order valence-electron chi connectivity index (χ3n) is 2.11. The van der Waals surface area contributed by atoms with E-state index in [1.165, 1.54) is 0 Å². The Balaban J connectivity index is 4.27. The zero-order valence-electron chi connectivity index (χ0n) is 9.21. The first-order valence-corrected chi connectivity index (χ1v) is 5.03. The van der Waals surface area contributed by atoms with Crippen molar-refractivity contribution in [1.29, 1.82) is 5.26 Å². The van der Waals surface area contributed by atoms with Crippen LogP contribution in [0.1, 0.15) is 26.7 Å². The summed E-state index contributed by atoms with van der Waals surface area (Å²) in [5.74, 6) is -0.0350. The summed E-state index contributed by atoms with van der Waals surface area (Å²) >= 11 is 0. The zero-order valence-corrected chi connectivity index (χ0v) is 9.21. The number of carbonyl (C=O) groups excluding carboxylic acids is 1. The van der Waals surface area contributed by atoms with Gasteiger partial charge in [-0.25, -0.2) is 0 Å². The lowest BCUT2D eigenvalue weighted by molar-refractivity contribution is -0.122. The van der Waals surface area contributed by atoms with Gasteiger partial charge in [0.25, 0.3) is 0 Å². The molecule has 1 N–H and O–H groups in total. The molecule has 1 unspecified atom stereocenters. The summed E-state index contributed by atoms with van der Waals surface area (Å²) in [6.45, 7) is 5.11. The third kappa shape index (κ3) is 4.24. The molecular weight excluding hydrogens is 178 g/mol. The second kappa shape index (κ2) is 7.34. The minimum Gasteiger partial charge on any atom is -0.358 e. The van der Waals surface area contributed by atoms with Crippen LogP contribution >= 0.6 is 0 Å². The number of hydrogen-bond acceptors (Lipinski definition) is 3. The van der Waals surface area contributed by atoms with Crippen LogP contribution in [-0.4, -0.2) is 37.0 Å². The fourth-order valence-electron chi connectivity index (χ4n) is 1.33. The lowest BCUT2D eigenvalue weighted by atomic mass is 10.2. The van der Waals surface area contributed by atoms with Crippen molar-refractivity contribution >= 4 is 5.91 Å². The molecule has 1 atom stereocenters. The molecule has 4 heteroatoms. The van der Waals surface area contributed by atoms with E-state index in [0.29, 0.717) is 6.54 Å². The molecule has 1 amide bonds. The smallest absolute Gasteiger partial charge is 0.233 e. The number of nitrogens with one attached hydrogen (secondary N) is 1. The van der Waals surface area contributed by atoms with Crippen LogP contribution in [0.3, 0.4) is 0 Å². The Kier molecular flexibility index (Phi) is 6.77. The molecule has 0 aromatic heterocycles. The second-order valence-corrected chi connectivity index (χ2v) is 3.20. The van der Waals surface area contributed by atoms with Gasteiger partial charge in [0.2, 0.25) is 5.91 Å². The summed E-state index contributed by atoms with van der Waals surface area (Å²) < 4.78 is 0. The maximum atomic E-state index is 11.2. The van der Waals surface area contributed by atoms with Gasteiger partial charge in [-0.3, -0.25) is 9.69 Å². The molecule has 0 aromatic carbocycles. The van der Waals surface area contributed by atoms with Crippen LogP contribution in [0.5, 0.6) is 0 Å². The van der Waals surface area contributed by atoms with Gasteiger partial charge in [0.1, 0.15) is 0 Å². The van der Waals surface area contributed by atoms with Gasteiger partial charge in [-0.15, -0.1) is 0 Å². The molecule has 80 valence electrons. The number of rotatable bonds is 6. The number of likely N-dealkylation sites (N-methyl/N-ethyl adjacent to an activating group) is 1. The summed E-state index contributed by atoms with van der Waals surface area (Å²) in [6, 6.07) is 2.07. The van der Waals surface area contributed by atoms with E-state index in [4.69, 9.17) is 5.26 Å². The van der Waals surface area contributed by atoms with Crippen molar-refractivity contribution in [2.45, 2.75) is 32.7 Å². The van der Waals surface area contributed by atoms with Gasteiger partial charge in [0, 0.05) is 7.05 Å². The van der Waals surface area contributed by atoms with Crippen molar-refractivity contribution in [2.24, 2.45) is 0 Å². The maximum Gasteiger partial charge on any atom is 0.233 e. The fourth-order valence-corrected chi connectivity index (χ4v) is 1.33. The highest BCUT2D eigenvalue weighted by atomic mass is 16.1. The summed E-state index contributed by atoms with van der Waals surface area (Å²) in [4.78, 5) is 13.1. The quantitative estimate of drug-likeness (QED) is 0.683. The summed E-state index contributed by atoms with van der Waals surface area (Å²) in [7, 11) is 1.61. The first-order chi connectivity index (χ1) is 6.69. The zero-order chi connectivity index (χ0) is 11.0. The lowest BCUT2D eigenvalue weighted by Crippen LogP contribution is -2.41. The van der Waals surface area contributed by atoms with E-state index in [0.717, 1.165) is 19.4 Å². The predicted molar refractivity (Wildman–Crippen MR) is 55.6 cm³/mol. The summed E-state index contributed by atoms with van der Waals surface area (Å²) in [5.41, 5.74) is 0. The Labute approximate surface area is 85.9 Å². The van der Waals surface area contributed by atoms with Crippen molar-refractivity contribution in [1.82, 2.24) is 10.2 Å². The molecule has 0 aliphatic heterocycles. The highest BCUT2D eigenvalue weighted by molar-refractivity contribution is 5.77. The van der Waals surface area contributed by atoms with Gasteiger partial charge >= 0.3 is 0 Å². The van der Waals surface area contributed by atoms with Crippen LogP contribution in [-0.2, 0) is 4.79 Å². The monoisotopic (exact) mass is 197 g/mol. The van der Waals surface area contributed by atoms with Crippen LogP contribution in [0, 0.1) is 11.3 Å². The molecule has 0 aromatic rings.